The van der Waals surface area contributed by atoms with Crippen LogP contribution in [-0.2, 0) is 19.6 Å². The normalized spacial score (nSPS) is 25.4. The van der Waals surface area contributed by atoms with Gasteiger partial charge in [0.25, 0.3) is 0 Å². The zero-order valence-corrected chi connectivity index (χ0v) is 17.1. The number of ether oxygens (including phenoxy) is 1. The third-order valence-electron chi connectivity index (χ3n) is 5.40. The number of carbonyl (C=O) groups excluding carboxylic acids is 1. The Balaban J connectivity index is 1.44. The number of hydrogen-bond acceptors (Lipinski definition) is 5. The lowest BCUT2D eigenvalue weighted by Crippen LogP contribution is -2.51. The molecule has 1 saturated carbocycles. The van der Waals surface area contributed by atoms with E-state index >= 15 is 0 Å². The SMILES string of the molecule is Cc1ccc(S(=O)(=O)NCC[C@H]2CC[C@H](NC(=O)CC3CC3)[C@H](CO)O2)cc1. The molecule has 28 heavy (non-hydrogen) atoms. The van der Waals surface area contributed by atoms with Crippen molar-refractivity contribution in [1.29, 1.82) is 0 Å². The minimum atomic E-state index is -3.54. The van der Waals surface area contributed by atoms with Crippen LogP contribution < -0.4 is 10.0 Å². The van der Waals surface area contributed by atoms with Gasteiger partial charge in [0.05, 0.1) is 23.6 Å². The molecule has 0 aromatic heterocycles. The van der Waals surface area contributed by atoms with E-state index in [0.717, 1.165) is 31.2 Å². The minimum absolute atomic E-state index is 0.0267. The Labute approximate surface area is 166 Å². The van der Waals surface area contributed by atoms with Crippen molar-refractivity contribution in [3.63, 3.8) is 0 Å². The third kappa shape index (κ3) is 6.01. The molecule has 8 heteroatoms. The summed E-state index contributed by atoms with van der Waals surface area (Å²) in [5, 5.41) is 12.6. The molecular formula is C20H30N2O5S. The fraction of sp³-hybridized carbons (Fsp3) is 0.650. The van der Waals surface area contributed by atoms with Crippen LogP contribution in [-0.4, -0.2) is 50.8 Å². The molecule has 0 radical (unpaired) electrons. The molecule has 1 amide bonds. The van der Waals surface area contributed by atoms with Gasteiger partial charge < -0.3 is 15.2 Å². The number of nitrogens with one attached hydrogen (secondary N) is 2. The fourth-order valence-electron chi connectivity index (χ4n) is 3.51. The second-order valence-electron chi connectivity index (χ2n) is 7.88. The van der Waals surface area contributed by atoms with E-state index in [4.69, 9.17) is 4.74 Å². The van der Waals surface area contributed by atoms with Gasteiger partial charge in [-0.05, 0) is 57.1 Å². The molecule has 2 aliphatic rings. The van der Waals surface area contributed by atoms with Crippen LogP contribution in [0.15, 0.2) is 29.2 Å². The molecule has 0 spiro atoms. The lowest BCUT2D eigenvalue weighted by Gasteiger charge is -2.36. The van der Waals surface area contributed by atoms with E-state index in [-0.39, 0.29) is 36.1 Å². The Morgan fingerprint density at radius 3 is 2.54 bits per heavy atom. The van der Waals surface area contributed by atoms with Crippen molar-refractivity contribution >= 4 is 15.9 Å². The maximum Gasteiger partial charge on any atom is 0.240 e. The average Bonchev–Trinajstić information content (AvgIpc) is 3.47. The summed E-state index contributed by atoms with van der Waals surface area (Å²) in [5.41, 5.74) is 1.00. The molecule has 156 valence electrons. The van der Waals surface area contributed by atoms with Crippen LogP contribution in [0.25, 0.3) is 0 Å². The van der Waals surface area contributed by atoms with Crippen LogP contribution in [0.5, 0.6) is 0 Å². The number of carbonyl (C=O) groups is 1. The second-order valence-corrected chi connectivity index (χ2v) is 9.64. The first-order chi connectivity index (χ1) is 13.4. The van der Waals surface area contributed by atoms with Gasteiger partial charge >= 0.3 is 0 Å². The first kappa shape index (κ1) is 21.2. The molecule has 1 aromatic carbocycles. The molecule has 1 saturated heterocycles. The van der Waals surface area contributed by atoms with Crippen LogP contribution in [0.3, 0.4) is 0 Å². The van der Waals surface area contributed by atoms with E-state index in [1.807, 2.05) is 6.92 Å². The molecule has 3 N–H and O–H groups in total. The van der Waals surface area contributed by atoms with E-state index < -0.39 is 16.1 Å². The highest BCUT2D eigenvalue weighted by atomic mass is 32.2. The summed E-state index contributed by atoms with van der Waals surface area (Å²) in [7, 11) is -3.54. The average molecular weight is 411 g/mol. The van der Waals surface area contributed by atoms with Crippen molar-refractivity contribution < 1.29 is 23.1 Å². The van der Waals surface area contributed by atoms with Crippen LogP contribution in [0.2, 0.25) is 0 Å². The molecule has 1 heterocycles. The molecule has 1 aromatic rings. The molecule has 1 aliphatic heterocycles. The van der Waals surface area contributed by atoms with Gasteiger partial charge in [-0.1, -0.05) is 17.7 Å². The quantitative estimate of drug-likeness (QED) is 0.572. The summed E-state index contributed by atoms with van der Waals surface area (Å²) in [6, 6.07) is 6.53. The Morgan fingerprint density at radius 1 is 1.18 bits per heavy atom. The molecule has 2 fully saturated rings. The number of sulfonamides is 1. The fourth-order valence-corrected chi connectivity index (χ4v) is 4.56. The van der Waals surface area contributed by atoms with Gasteiger partial charge in [0.15, 0.2) is 0 Å². The van der Waals surface area contributed by atoms with Crippen molar-refractivity contribution in [2.24, 2.45) is 5.92 Å². The molecule has 3 atom stereocenters. The predicted molar refractivity (Wildman–Crippen MR) is 105 cm³/mol. The van der Waals surface area contributed by atoms with E-state index in [1.165, 1.54) is 0 Å². The Morgan fingerprint density at radius 2 is 1.89 bits per heavy atom. The number of benzene rings is 1. The van der Waals surface area contributed by atoms with Gasteiger partial charge in [-0.2, -0.15) is 0 Å². The third-order valence-corrected chi connectivity index (χ3v) is 6.88. The number of aliphatic hydroxyl groups is 1. The summed E-state index contributed by atoms with van der Waals surface area (Å²) in [5.74, 6) is 0.547. The van der Waals surface area contributed by atoms with Gasteiger partial charge in [0, 0.05) is 13.0 Å². The number of aryl methyl sites for hydroxylation is 1. The lowest BCUT2D eigenvalue weighted by atomic mass is 9.97. The van der Waals surface area contributed by atoms with Crippen LogP contribution >= 0.6 is 0 Å². The smallest absolute Gasteiger partial charge is 0.240 e. The van der Waals surface area contributed by atoms with Crippen LogP contribution in [0, 0.1) is 12.8 Å². The molecule has 3 rings (SSSR count). The molecule has 1 aliphatic carbocycles. The van der Waals surface area contributed by atoms with Crippen LogP contribution in [0.4, 0.5) is 0 Å². The van der Waals surface area contributed by atoms with E-state index in [9.17, 15) is 18.3 Å². The number of amides is 1. The number of aliphatic hydroxyl groups excluding tert-OH is 1. The Hall–Kier alpha value is -1.48. The summed E-state index contributed by atoms with van der Waals surface area (Å²) in [6.45, 7) is 2.00. The lowest BCUT2D eigenvalue weighted by molar-refractivity contribution is -0.128. The standard InChI is InChI=1S/C20H30N2O5S/c1-14-2-7-17(8-3-14)28(25,26)21-11-10-16-6-9-18(19(13-23)27-16)22-20(24)12-15-4-5-15/h2-3,7-8,15-16,18-19,21,23H,4-6,9-13H2,1H3,(H,22,24)/t16-,18+,19+/m1/s1. The molecular weight excluding hydrogens is 380 g/mol. The van der Waals surface area contributed by atoms with Crippen molar-refractivity contribution in [2.75, 3.05) is 13.2 Å². The topological polar surface area (TPSA) is 105 Å². The van der Waals surface area contributed by atoms with Gasteiger partial charge in [-0.25, -0.2) is 13.1 Å². The van der Waals surface area contributed by atoms with E-state index in [0.29, 0.717) is 18.8 Å². The highest BCUT2D eigenvalue weighted by molar-refractivity contribution is 7.89. The highest BCUT2D eigenvalue weighted by Crippen LogP contribution is 2.32. The van der Waals surface area contributed by atoms with Crippen molar-refractivity contribution in [3.8, 4) is 0 Å². The molecule has 0 unspecified atom stereocenters. The number of rotatable bonds is 9. The molecule has 0 bridgehead atoms. The predicted octanol–water partition coefficient (Wildman–Crippen LogP) is 1.49. The largest absolute Gasteiger partial charge is 0.394 e. The summed E-state index contributed by atoms with van der Waals surface area (Å²) >= 11 is 0. The maximum absolute atomic E-state index is 12.3. The second kappa shape index (κ2) is 9.35. The van der Waals surface area contributed by atoms with Gasteiger partial charge in [0.1, 0.15) is 6.10 Å². The van der Waals surface area contributed by atoms with Gasteiger partial charge in [-0.15, -0.1) is 0 Å². The first-order valence-electron chi connectivity index (χ1n) is 9.99. The van der Waals surface area contributed by atoms with Gasteiger partial charge in [-0.3, -0.25) is 4.79 Å². The zero-order chi connectivity index (χ0) is 20.1. The van der Waals surface area contributed by atoms with E-state index in [2.05, 4.69) is 10.0 Å². The van der Waals surface area contributed by atoms with Crippen molar-refractivity contribution in [1.82, 2.24) is 10.0 Å². The van der Waals surface area contributed by atoms with Crippen LogP contribution in [0.1, 0.15) is 44.1 Å². The maximum atomic E-state index is 12.3. The Bertz CT molecular complexity index is 761. The van der Waals surface area contributed by atoms with Crippen molar-refractivity contribution in [2.45, 2.75) is 68.6 Å². The summed E-state index contributed by atoms with van der Waals surface area (Å²) < 4.78 is 33.2. The molecule has 7 nitrogen and oxygen atoms in total. The summed E-state index contributed by atoms with van der Waals surface area (Å²) in [6.07, 6.45) is 4.17. The van der Waals surface area contributed by atoms with E-state index in [1.54, 1.807) is 24.3 Å². The number of hydrogen-bond donors (Lipinski definition) is 3. The zero-order valence-electron chi connectivity index (χ0n) is 16.3. The minimum Gasteiger partial charge on any atom is -0.394 e. The summed E-state index contributed by atoms with van der Waals surface area (Å²) in [4.78, 5) is 12.3. The van der Waals surface area contributed by atoms with Crippen molar-refractivity contribution in [3.05, 3.63) is 29.8 Å². The first-order valence-corrected chi connectivity index (χ1v) is 11.5. The van der Waals surface area contributed by atoms with Gasteiger partial charge in [0.2, 0.25) is 15.9 Å². The highest BCUT2D eigenvalue weighted by Gasteiger charge is 2.33. The monoisotopic (exact) mass is 410 g/mol. The Kier molecular flexibility index (Phi) is 7.09.